The lowest BCUT2D eigenvalue weighted by Gasteiger charge is -2.09. The molecule has 1 heterocycles. The molecule has 1 aromatic heterocycles. The summed E-state index contributed by atoms with van der Waals surface area (Å²) < 4.78 is 19.5. The maximum atomic E-state index is 13.8. The van der Waals surface area contributed by atoms with E-state index in [9.17, 15) is 9.18 Å². The summed E-state index contributed by atoms with van der Waals surface area (Å²) in [5, 5.41) is 4.88. The van der Waals surface area contributed by atoms with E-state index in [1.165, 1.54) is 12.3 Å². The second kappa shape index (κ2) is 10.6. The number of carbonyl (C=O) groups is 1. The van der Waals surface area contributed by atoms with Gasteiger partial charge in [-0.1, -0.05) is 78.9 Å². The number of nitrogens with zero attached hydrogens (tertiary/aromatic N) is 2. The average molecular weight is 476 g/mol. The highest BCUT2D eigenvalue weighted by atomic mass is 19.1. The van der Waals surface area contributed by atoms with E-state index in [-0.39, 0.29) is 18.3 Å². The number of hydrogen-bond acceptors (Lipinski definition) is 4. The lowest BCUT2D eigenvalue weighted by atomic mass is 10.0. The topological polar surface area (TPSA) is 63.6 Å². The molecule has 0 bridgehead atoms. The molecule has 4 aromatic carbocycles. The maximum absolute atomic E-state index is 13.8. The number of para-hydroxylation sites is 1. The second-order valence-corrected chi connectivity index (χ2v) is 8.09. The molecule has 0 spiro atoms. The summed E-state index contributed by atoms with van der Waals surface area (Å²) in [6.07, 6.45) is 1.54. The van der Waals surface area contributed by atoms with Gasteiger partial charge in [-0.15, -0.1) is 0 Å². The van der Waals surface area contributed by atoms with Gasteiger partial charge in [-0.05, 0) is 35.9 Å². The van der Waals surface area contributed by atoms with Crippen LogP contribution in [0.1, 0.15) is 21.5 Å². The van der Waals surface area contributed by atoms with Crippen LogP contribution in [0.15, 0.2) is 114 Å². The number of fused-ring (bicyclic) bond motifs is 1. The van der Waals surface area contributed by atoms with Gasteiger partial charge in [0, 0.05) is 16.5 Å². The van der Waals surface area contributed by atoms with Crippen LogP contribution < -0.4 is 10.2 Å². The number of hydrazone groups is 1. The van der Waals surface area contributed by atoms with Crippen molar-refractivity contribution in [1.82, 2.24) is 10.4 Å². The SMILES string of the molecule is O=C(N/N=C\c1cccc(OCc2ccccc2F)c1)c1cc(-c2ccccc2)nc2ccccc12. The van der Waals surface area contributed by atoms with Crippen molar-refractivity contribution in [3.8, 4) is 17.0 Å². The molecule has 1 amide bonds. The predicted molar refractivity (Wildman–Crippen MR) is 139 cm³/mol. The molecule has 0 fully saturated rings. The zero-order valence-electron chi connectivity index (χ0n) is 19.3. The van der Waals surface area contributed by atoms with Crippen LogP contribution >= 0.6 is 0 Å². The third kappa shape index (κ3) is 5.28. The van der Waals surface area contributed by atoms with Gasteiger partial charge in [0.05, 0.1) is 23.0 Å². The van der Waals surface area contributed by atoms with Crippen molar-refractivity contribution in [1.29, 1.82) is 0 Å². The highest BCUT2D eigenvalue weighted by molar-refractivity contribution is 6.07. The first-order chi connectivity index (χ1) is 17.7. The molecule has 6 heteroatoms. The highest BCUT2D eigenvalue weighted by Gasteiger charge is 2.13. The first-order valence-electron chi connectivity index (χ1n) is 11.4. The molecule has 0 aliphatic carbocycles. The molecule has 0 aliphatic rings. The lowest BCUT2D eigenvalue weighted by molar-refractivity contribution is 0.0956. The van der Waals surface area contributed by atoms with Gasteiger partial charge in [0.25, 0.3) is 5.91 Å². The van der Waals surface area contributed by atoms with E-state index >= 15 is 0 Å². The van der Waals surface area contributed by atoms with Crippen LogP contribution in [0.2, 0.25) is 0 Å². The van der Waals surface area contributed by atoms with Crippen LogP contribution in [0.25, 0.3) is 22.2 Å². The molecular weight excluding hydrogens is 453 g/mol. The number of hydrogen-bond donors (Lipinski definition) is 1. The van der Waals surface area contributed by atoms with E-state index in [0.29, 0.717) is 22.6 Å². The molecule has 0 radical (unpaired) electrons. The number of halogens is 1. The van der Waals surface area contributed by atoms with E-state index in [1.807, 2.05) is 66.7 Å². The minimum Gasteiger partial charge on any atom is -0.489 e. The van der Waals surface area contributed by atoms with Crippen LogP contribution in [0.4, 0.5) is 4.39 Å². The second-order valence-electron chi connectivity index (χ2n) is 8.09. The molecule has 0 saturated carbocycles. The van der Waals surface area contributed by atoms with Crippen LogP contribution in [-0.2, 0) is 6.61 Å². The van der Waals surface area contributed by atoms with E-state index in [2.05, 4.69) is 10.5 Å². The van der Waals surface area contributed by atoms with Gasteiger partial charge >= 0.3 is 0 Å². The van der Waals surface area contributed by atoms with Crippen molar-refractivity contribution >= 4 is 23.0 Å². The molecule has 0 saturated heterocycles. The fraction of sp³-hybridized carbons (Fsp3) is 0.0333. The first-order valence-corrected chi connectivity index (χ1v) is 11.4. The Morgan fingerprint density at radius 3 is 2.53 bits per heavy atom. The van der Waals surface area contributed by atoms with Crippen molar-refractivity contribution in [3.63, 3.8) is 0 Å². The Morgan fingerprint density at radius 1 is 0.889 bits per heavy atom. The quantitative estimate of drug-likeness (QED) is 0.219. The fourth-order valence-corrected chi connectivity index (χ4v) is 3.81. The number of aromatic nitrogens is 1. The number of pyridine rings is 1. The third-order valence-corrected chi connectivity index (χ3v) is 5.62. The Hall–Kier alpha value is -4.84. The molecule has 0 atom stereocenters. The van der Waals surface area contributed by atoms with E-state index in [1.54, 1.807) is 36.4 Å². The molecule has 5 nitrogen and oxygen atoms in total. The van der Waals surface area contributed by atoms with Gasteiger partial charge in [0.2, 0.25) is 0 Å². The molecule has 36 heavy (non-hydrogen) atoms. The third-order valence-electron chi connectivity index (χ3n) is 5.62. The average Bonchev–Trinajstić information content (AvgIpc) is 2.92. The smallest absolute Gasteiger partial charge is 0.272 e. The Balaban J connectivity index is 1.32. The van der Waals surface area contributed by atoms with Gasteiger partial charge in [0.15, 0.2) is 0 Å². The van der Waals surface area contributed by atoms with Gasteiger partial charge < -0.3 is 4.74 Å². The summed E-state index contributed by atoms with van der Waals surface area (Å²) >= 11 is 0. The number of nitrogens with one attached hydrogen (secondary N) is 1. The summed E-state index contributed by atoms with van der Waals surface area (Å²) in [7, 11) is 0. The van der Waals surface area contributed by atoms with Gasteiger partial charge in [-0.2, -0.15) is 5.10 Å². The van der Waals surface area contributed by atoms with E-state index in [4.69, 9.17) is 9.72 Å². The minimum absolute atomic E-state index is 0.114. The zero-order chi connectivity index (χ0) is 24.7. The summed E-state index contributed by atoms with van der Waals surface area (Å²) in [5.74, 6) is -0.0767. The summed E-state index contributed by atoms with van der Waals surface area (Å²) in [4.78, 5) is 17.8. The van der Waals surface area contributed by atoms with Crippen LogP contribution in [0, 0.1) is 5.82 Å². The Morgan fingerprint density at radius 2 is 1.67 bits per heavy atom. The van der Waals surface area contributed by atoms with Crippen molar-refractivity contribution in [2.45, 2.75) is 6.61 Å². The van der Waals surface area contributed by atoms with Crippen molar-refractivity contribution in [3.05, 3.63) is 132 Å². The number of rotatable bonds is 7. The van der Waals surface area contributed by atoms with Gasteiger partial charge in [0.1, 0.15) is 18.2 Å². The van der Waals surface area contributed by atoms with E-state index in [0.717, 1.165) is 22.0 Å². The number of carbonyl (C=O) groups excluding carboxylic acids is 1. The fourth-order valence-electron chi connectivity index (χ4n) is 3.81. The first kappa shape index (κ1) is 22.9. The standard InChI is InChI=1S/C30H22FN3O2/c31-27-15-6-4-12-23(27)20-36-24-13-8-9-21(17-24)19-32-34-30(35)26-18-29(22-10-2-1-3-11-22)33-28-16-7-5-14-25(26)28/h1-19H,20H2,(H,34,35)/b32-19-. The van der Waals surface area contributed by atoms with Gasteiger partial charge in [-0.3, -0.25) is 4.79 Å². The number of ether oxygens (including phenoxy) is 1. The van der Waals surface area contributed by atoms with Gasteiger partial charge in [-0.25, -0.2) is 14.8 Å². The molecular formula is C30H22FN3O2. The van der Waals surface area contributed by atoms with Crippen molar-refractivity contribution in [2.75, 3.05) is 0 Å². The van der Waals surface area contributed by atoms with Crippen molar-refractivity contribution in [2.24, 2.45) is 5.10 Å². The largest absolute Gasteiger partial charge is 0.489 e. The molecule has 0 unspecified atom stereocenters. The minimum atomic E-state index is -0.339. The number of benzene rings is 4. The Bertz CT molecular complexity index is 1550. The molecule has 0 aliphatic heterocycles. The monoisotopic (exact) mass is 475 g/mol. The maximum Gasteiger partial charge on any atom is 0.272 e. The van der Waals surface area contributed by atoms with E-state index < -0.39 is 0 Å². The highest BCUT2D eigenvalue weighted by Crippen LogP contribution is 2.25. The molecule has 5 rings (SSSR count). The Kier molecular flexibility index (Phi) is 6.76. The van der Waals surface area contributed by atoms with Crippen LogP contribution in [0.5, 0.6) is 5.75 Å². The zero-order valence-corrected chi connectivity index (χ0v) is 19.3. The Labute approximate surface area is 207 Å². The molecule has 5 aromatic rings. The molecule has 1 N–H and O–H groups in total. The van der Waals surface area contributed by atoms with Crippen LogP contribution in [0.3, 0.4) is 0 Å². The van der Waals surface area contributed by atoms with Crippen molar-refractivity contribution < 1.29 is 13.9 Å². The number of amides is 1. The normalized spacial score (nSPS) is 11.0. The summed E-state index contributed by atoms with van der Waals surface area (Å²) in [6.45, 7) is 0.114. The predicted octanol–water partition coefficient (Wildman–Crippen LogP) is 6.38. The molecule has 176 valence electrons. The lowest BCUT2D eigenvalue weighted by Crippen LogP contribution is -2.18. The van der Waals surface area contributed by atoms with Crippen LogP contribution in [-0.4, -0.2) is 17.1 Å². The summed E-state index contributed by atoms with van der Waals surface area (Å²) in [6, 6.07) is 32.7. The summed E-state index contributed by atoms with van der Waals surface area (Å²) in [5.41, 5.74) is 6.67.